The van der Waals surface area contributed by atoms with Gasteiger partial charge in [-0.25, -0.2) is 9.97 Å². The minimum atomic E-state index is -0.202. The van der Waals surface area contributed by atoms with E-state index in [9.17, 15) is 9.59 Å². The Morgan fingerprint density at radius 3 is 2.14 bits per heavy atom. The lowest BCUT2D eigenvalue weighted by atomic mass is 10.1. The summed E-state index contributed by atoms with van der Waals surface area (Å²) in [4.78, 5) is 40.5. The second kappa shape index (κ2) is 8.57. The smallest absolute Gasteiger partial charge is 0.243 e. The minimum Gasteiger partial charge on any atom is -0.324 e. The van der Waals surface area contributed by atoms with E-state index in [1.807, 2.05) is 41.3 Å². The van der Waals surface area contributed by atoms with Gasteiger partial charge in [0.25, 0.3) is 0 Å². The number of hydrogen-bond donors (Lipinski definition) is 1. The van der Waals surface area contributed by atoms with Gasteiger partial charge in [0.15, 0.2) is 0 Å². The number of rotatable bonds is 6. The quantitative estimate of drug-likeness (QED) is 0.646. The number of carbonyl (C=O) groups excluding carboxylic acids is 2. The molecule has 3 heterocycles. The number of nitrogens with zero attached hydrogens (tertiary/aromatic N) is 5. The zero-order valence-electron chi connectivity index (χ0n) is 15.7. The van der Waals surface area contributed by atoms with Crippen LogP contribution in [0.5, 0.6) is 0 Å². The van der Waals surface area contributed by atoms with Crippen molar-refractivity contribution in [1.82, 2.24) is 24.8 Å². The third-order valence-corrected chi connectivity index (χ3v) is 4.55. The molecule has 146 valence electrons. The Hall–Kier alpha value is -3.65. The van der Waals surface area contributed by atoms with Crippen molar-refractivity contribution in [2.75, 3.05) is 18.4 Å². The minimum absolute atomic E-state index is 0.202. The second-order valence-corrected chi connectivity index (χ2v) is 6.73. The van der Waals surface area contributed by atoms with Gasteiger partial charge in [0, 0.05) is 30.8 Å². The highest BCUT2D eigenvalue weighted by Crippen LogP contribution is 2.16. The summed E-state index contributed by atoms with van der Waals surface area (Å²) in [6, 6.07) is 15.0. The molecular formula is C21H20N6O2. The Balaban J connectivity index is 1.34. The summed E-state index contributed by atoms with van der Waals surface area (Å²) in [6.45, 7) is 1.15. The average molecular weight is 388 g/mol. The molecule has 1 fully saturated rings. The van der Waals surface area contributed by atoms with Gasteiger partial charge >= 0.3 is 0 Å². The lowest BCUT2D eigenvalue weighted by Crippen LogP contribution is -2.53. The molecule has 1 aliphatic heterocycles. The van der Waals surface area contributed by atoms with Gasteiger partial charge in [0.05, 0.1) is 25.3 Å². The van der Waals surface area contributed by atoms with Crippen molar-refractivity contribution in [3.63, 3.8) is 0 Å². The van der Waals surface area contributed by atoms with Crippen molar-refractivity contribution in [2.24, 2.45) is 0 Å². The molecular weight excluding hydrogens is 368 g/mol. The van der Waals surface area contributed by atoms with Gasteiger partial charge in [-0.05, 0) is 35.9 Å². The molecule has 1 N–H and O–H groups in total. The molecule has 0 radical (unpaired) electrons. The Labute approximate surface area is 168 Å². The Morgan fingerprint density at radius 1 is 0.793 bits per heavy atom. The standard InChI is InChI=1S/C21H20N6O2/c28-19-14-26(15-20(29)27(19)13-18-4-1-2-9-22-18)12-16-5-7-17(8-6-16)25-21-23-10-3-11-24-21/h1-11H,12-15H2,(H,23,24,25). The number of piperazine rings is 1. The summed E-state index contributed by atoms with van der Waals surface area (Å²) in [7, 11) is 0. The number of pyridine rings is 1. The van der Waals surface area contributed by atoms with Gasteiger partial charge in [-0.15, -0.1) is 0 Å². The van der Waals surface area contributed by atoms with Crippen LogP contribution in [0.3, 0.4) is 0 Å². The highest BCUT2D eigenvalue weighted by molar-refractivity contribution is 5.99. The second-order valence-electron chi connectivity index (χ2n) is 6.73. The molecule has 1 saturated heterocycles. The first-order chi connectivity index (χ1) is 14.2. The Kier molecular flexibility index (Phi) is 5.53. The van der Waals surface area contributed by atoms with E-state index in [1.165, 1.54) is 4.90 Å². The highest BCUT2D eigenvalue weighted by Gasteiger charge is 2.31. The van der Waals surface area contributed by atoms with Crippen molar-refractivity contribution < 1.29 is 9.59 Å². The maximum Gasteiger partial charge on any atom is 0.243 e. The largest absolute Gasteiger partial charge is 0.324 e. The molecule has 0 saturated carbocycles. The molecule has 0 atom stereocenters. The first-order valence-corrected chi connectivity index (χ1v) is 9.26. The Bertz CT molecular complexity index is 961. The molecule has 1 aliphatic rings. The van der Waals surface area contributed by atoms with Crippen LogP contribution in [0.25, 0.3) is 0 Å². The predicted molar refractivity (Wildman–Crippen MR) is 107 cm³/mol. The molecule has 0 unspecified atom stereocenters. The Morgan fingerprint density at radius 2 is 1.48 bits per heavy atom. The highest BCUT2D eigenvalue weighted by atomic mass is 16.2. The summed E-state index contributed by atoms with van der Waals surface area (Å²) >= 11 is 0. The van der Waals surface area contributed by atoms with Crippen LogP contribution in [0.15, 0.2) is 67.1 Å². The van der Waals surface area contributed by atoms with E-state index in [0.29, 0.717) is 18.2 Å². The van der Waals surface area contributed by atoms with Crippen molar-refractivity contribution in [1.29, 1.82) is 0 Å². The summed E-state index contributed by atoms with van der Waals surface area (Å²) in [5.74, 6) is 0.123. The summed E-state index contributed by atoms with van der Waals surface area (Å²) in [6.07, 6.45) is 5.00. The monoisotopic (exact) mass is 388 g/mol. The van der Waals surface area contributed by atoms with Crippen molar-refractivity contribution in [2.45, 2.75) is 13.1 Å². The number of nitrogens with one attached hydrogen (secondary N) is 1. The van der Waals surface area contributed by atoms with Gasteiger partial charge in [0.1, 0.15) is 0 Å². The maximum atomic E-state index is 12.5. The van der Waals surface area contributed by atoms with Crippen molar-refractivity contribution in [3.8, 4) is 0 Å². The summed E-state index contributed by atoms with van der Waals surface area (Å²) in [5, 5.41) is 3.12. The maximum absolute atomic E-state index is 12.5. The lowest BCUT2D eigenvalue weighted by molar-refractivity contribution is -0.152. The molecule has 1 aromatic carbocycles. The zero-order chi connectivity index (χ0) is 20.1. The average Bonchev–Trinajstić information content (AvgIpc) is 2.74. The first kappa shape index (κ1) is 18.7. The predicted octanol–water partition coefficient (Wildman–Crippen LogP) is 1.99. The molecule has 8 nitrogen and oxygen atoms in total. The fourth-order valence-corrected chi connectivity index (χ4v) is 3.13. The van der Waals surface area contributed by atoms with Gasteiger partial charge in [-0.2, -0.15) is 0 Å². The van der Waals surface area contributed by atoms with Crippen LogP contribution in [0.1, 0.15) is 11.3 Å². The molecule has 29 heavy (non-hydrogen) atoms. The number of hydrogen-bond acceptors (Lipinski definition) is 7. The summed E-state index contributed by atoms with van der Waals surface area (Å²) in [5.41, 5.74) is 2.59. The normalized spacial score (nSPS) is 14.8. The third kappa shape index (κ3) is 4.80. The van der Waals surface area contributed by atoms with Gasteiger partial charge in [-0.1, -0.05) is 18.2 Å². The van der Waals surface area contributed by atoms with E-state index >= 15 is 0 Å². The van der Waals surface area contributed by atoms with Crippen LogP contribution >= 0.6 is 0 Å². The number of benzene rings is 1. The van der Waals surface area contributed by atoms with Gasteiger partial charge in [0.2, 0.25) is 17.8 Å². The molecule has 3 aromatic rings. The molecule has 0 aliphatic carbocycles. The molecule has 4 rings (SSSR count). The van der Waals surface area contributed by atoms with Crippen LogP contribution in [-0.2, 0) is 22.7 Å². The number of anilines is 2. The van der Waals surface area contributed by atoms with Crippen LogP contribution in [0, 0.1) is 0 Å². The first-order valence-electron chi connectivity index (χ1n) is 9.26. The lowest BCUT2D eigenvalue weighted by Gasteiger charge is -2.32. The molecule has 0 spiro atoms. The zero-order valence-corrected chi connectivity index (χ0v) is 15.7. The molecule has 0 bridgehead atoms. The third-order valence-electron chi connectivity index (χ3n) is 4.55. The summed E-state index contributed by atoms with van der Waals surface area (Å²) < 4.78 is 0. The number of aromatic nitrogens is 3. The number of amides is 2. The van der Waals surface area contributed by atoms with Crippen molar-refractivity contribution >= 4 is 23.5 Å². The van der Waals surface area contributed by atoms with E-state index in [-0.39, 0.29) is 31.4 Å². The van der Waals surface area contributed by atoms with E-state index in [1.54, 1.807) is 30.7 Å². The van der Waals surface area contributed by atoms with E-state index < -0.39 is 0 Å². The van der Waals surface area contributed by atoms with Crippen molar-refractivity contribution in [3.05, 3.63) is 78.4 Å². The molecule has 2 amide bonds. The number of imide groups is 1. The van der Waals surface area contributed by atoms with Crippen LogP contribution in [-0.4, -0.2) is 49.7 Å². The fourth-order valence-electron chi connectivity index (χ4n) is 3.13. The number of carbonyl (C=O) groups is 2. The van der Waals surface area contributed by atoms with E-state index in [2.05, 4.69) is 20.3 Å². The van der Waals surface area contributed by atoms with E-state index in [4.69, 9.17) is 0 Å². The molecule has 8 heteroatoms. The van der Waals surface area contributed by atoms with Gasteiger partial charge in [-0.3, -0.25) is 24.4 Å². The van der Waals surface area contributed by atoms with Crippen LogP contribution in [0.4, 0.5) is 11.6 Å². The SMILES string of the molecule is O=C1CN(Cc2ccc(Nc3ncccn3)cc2)CC(=O)N1Cc1ccccn1. The van der Waals surface area contributed by atoms with Crippen LogP contribution in [0.2, 0.25) is 0 Å². The van der Waals surface area contributed by atoms with Gasteiger partial charge < -0.3 is 5.32 Å². The molecule has 2 aromatic heterocycles. The van der Waals surface area contributed by atoms with Crippen LogP contribution < -0.4 is 5.32 Å². The fraction of sp³-hybridized carbons (Fsp3) is 0.190. The topological polar surface area (TPSA) is 91.3 Å². The van der Waals surface area contributed by atoms with E-state index in [0.717, 1.165) is 11.3 Å².